The number of hydrogen-bond donors (Lipinski definition) is 4. The van der Waals surface area contributed by atoms with Crippen LogP contribution in [0.4, 0.5) is 4.79 Å². The van der Waals surface area contributed by atoms with E-state index in [9.17, 15) is 24.3 Å². The van der Waals surface area contributed by atoms with Gasteiger partial charge < -0.3 is 35.3 Å². The Morgan fingerprint density at radius 1 is 0.698 bits per heavy atom. The van der Waals surface area contributed by atoms with E-state index in [-0.39, 0.29) is 45.0 Å². The average Bonchev–Trinajstić information content (AvgIpc) is 3.64. The third kappa shape index (κ3) is 13.0. The van der Waals surface area contributed by atoms with Crippen LogP contribution in [0.25, 0.3) is 11.1 Å². The van der Waals surface area contributed by atoms with Crippen LogP contribution in [0.1, 0.15) is 65.5 Å². The third-order valence-corrected chi connectivity index (χ3v) is 11.0. The number of rotatable bonds is 23. The Morgan fingerprint density at radius 2 is 1.33 bits per heavy atom. The van der Waals surface area contributed by atoms with Crippen molar-refractivity contribution in [2.75, 3.05) is 19.8 Å². The van der Waals surface area contributed by atoms with Crippen LogP contribution in [0.2, 0.25) is 0 Å². The quantitative estimate of drug-likeness (QED) is 0.0380. The summed E-state index contributed by atoms with van der Waals surface area (Å²) in [7, 11) is 0. The van der Waals surface area contributed by atoms with Gasteiger partial charge in [0.05, 0.1) is 24.6 Å². The first kappa shape index (κ1) is 45.5. The molecule has 4 atom stereocenters. The van der Waals surface area contributed by atoms with Crippen molar-refractivity contribution in [3.8, 4) is 16.9 Å². The molecule has 1 aliphatic carbocycles. The SMILES string of the molecule is C=CCCC(NC(=O)OCC1c2ccccc2-c2ccccc21)C(=O)OCC(NC(=O)C(CC=C)CC(=O)NC(CO)Cc1ccc(OCc2ccccc2)cc1)c1ccccc1. The van der Waals surface area contributed by atoms with E-state index in [1.54, 1.807) is 36.4 Å². The van der Waals surface area contributed by atoms with Crippen LogP contribution in [0, 0.1) is 5.92 Å². The zero-order chi connectivity index (χ0) is 44.4. The number of fused-ring (bicyclic) bond motifs is 3. The Labute approximate surface area is 369 Å². The molecule has 11 heteroatoms. The lowest BCUT2D eigenvalue weighted by atomic mass is 9.97. The molecule has 0 spiro atoms. The number of esters is 1. The van der Waals surface area contributed by atoms with Crippen LogP contribution in [-0.4, -0.2) is 60.9 Å². The normalized spacial score (nSPS) is 13.5. The summed E-state index contributed by atoms with van der Waals surface area (Å²) >= 11 is 0. The van der Waals surface area contributed by atoms with Gasteiger partial charge in [0.2, 0.25) is 11.8 Å². The number of ether oxygens (including phenoxy) is 3. The number of alkyl carbamates (subject to hydrolysis) is 1. The maximum absolute atomic E-state index is 13.8. The van der Waals surface area contributed by atoms with Crippen LogP contribution in [0.5, 0.6) is 5.75 Å². The van der Waals surface area contributed by atoms with Crippen LogP contribution < -0.4 is 20.7 Å². The molecule has 63 heavy (non-hydrogen) atoms. The number of aliphatic hydroxyl groups excluding tert-OH is 1. The van der Waals surface area contributed by atoms with Gasteiger partial charge in [-0.05, 0) is 76.8 Å². The highest BCUT2D eigenvalue weighted by Gasteiger charge is 2.31. The van der Waals surface area contributed by atoms with E-state index in [1.807, 2.05) is 97.1 Å². The molecule has 3 amide bonds. The summed E-state index contributed by atoms with van der Waals surface area (Å²) in [5, 5.41) is 18.7. The van der Waals surface area contributed by atoms with Crippen molar-refractivity contribution in [3.05, 3.63) is 187 Å². The highest BCUT2D eigenvalue weighted by Crippen LogP contribution is 2.44. The summed E-state index contributed by atoms with van der Waals surface area (Å²) in [6, 6.07) is 40.0. The van der Waals surface area contributed by atoms with Crippen molar-refractivity contribution in [1.29, 1.82) is 0 Å². The average molecular weight is 850 g/mol. The van der Waals surface area contributed by atoms with Gasteiger partial charge in [0.15, 0.2) is 0 Å². The third-order valence-electron chi connectivity index (χ3n) is 11.0. The Morgan fingerprint density at radius 3 is 1.97 bits per heavy atom. The maximum Gasteiger partial charge on any atom is 0.407 e. The lowest BCUT2D eigenvalue weighted by Crippen LogP contribution is -2.44. The smallest absolute Gasteiger partial charge is 0.407 e. The summed E-state index contributed by atoms with van der Waals surface area (Å²) < 4.78 is 17.4. The van der Waals surface area contributed by atoms with E-state index >= 15 is 0 Å². The minimum absolute atomic E-state index is 0.0787. The number of aliphatic hydroxyl groups is 1. The van der Waals surface area contributed by atoms with E-state index in [1.165, 1.54) is 0 Å². The fraction of sp³-hybridized carbons (Fsp3) is 0.269. The number of carbonyl (C=O) groups excluding carboxylic acids is 4. The molecule has 5 aromatic carbocycles. The number of benzene rings is 5. The summed E-state index contributed by atoms with van der Waals surface area (Å²) in [4.78, 5) is 54.0. The number of allylic oxidation sites excluding steroid dienone is 2. The van der Waals surface area contributed by atoms with E-state index in [2.05, 4.69) is 41.2 Å². The standard InChI is InChI=1S/C52H55N3O8/c1-3-5-25-47(55-52(60)63-34-46-44-23-14-12-21-42(44)43-22-13-15-24-45(43)46)51(59)62-35-48(38-19-10-7-11-20-38)54-50(58)39(16-4-2)31-49(57)53-40(32-56)30-36-26-28-41(29-27-36)61-33-37-17-8-6-9-18-37/h3-4,6-15,17-24,26-29,39-40,46-48,56H,1-2,5,16,25,30-35H2,(H,53,57)(H,54,58)(H,55,60). The second-order valence-electron chi connectivity index (χ2n) is 15.5. The zero-order valence-electron chi connectivity index (χ0n) is 35.3. The highest BCUT2D eigenvalue weighted by atomic mass is 16.6. The molecule has 0 radical (unpaired) electrons. The molecule has 0 aliphatic heterocycles. The largest absolute Gasteiger partial charge is 0.489 e. The van der Waals surface area contributed by atoms with Crippen molar-refractivity contribution in [2.24, 2.45) is 5.92 Å². The Balaban J connectivity index is 1.03. The number of carbonyl (C=O) groups is 4. The first-order valence-corrected chi connectivity index (χ1v) is 21.3. The van der Waals surface area contributed by atoms with Gasteiger partial charge in [-0.25, -0.2) is 9.59 Å². The summed E-state index contributed by atoms with van der Waals surface area (Å²) in [5.41, 5.74) is 6.95. The van der Waals surface area contributed by atoms with Crippen LogP contribution in [0.15, 0.2) is 159 Å². The second-order valence-corrected chi connectivity index (χ2v) is 15.5. The van der Waals surface area contributed by atoms with Crippen LogP contribution in [0.3, 0.4) is 0 Å². The number of amides is 3. The lowest BCUT2D eigenvalue weighted by molar-refractivity contribution is -0.147. The summed E-state index contributed by atoms with van der Waals surface area (Å²) in [6.07, 6.45) is 3.48. The van der Waals surface area contributed by atoms with E-state index in [0.29, 0.717) is 30.8 Å². The van der Waals surface area contributed by atoms with Crippen molar-refractivity contribution in [2.45, 2.75) is 62.8 Å². The van der Waals surface area contributed by atoms with Crippen molar-refractivity contribution in [1.82, 2.24) is 16.0 Å². The topological polar surface area (TPSA) is 152 Å². The van der Waals surface area contributed by atoms with Gasteiger partial charge in [-0.1, -0.05) is 133 Å². The Kier molecular flexibility index (Phi) is 16.8. The fourth-order valence-corrected chi connectivity index (χ4v) is 7.68. The molecular formula is C52H55N3O8. The first-order valence-electron chi connectivity index (χ1n) is 21.3. The minimum Gasteiger partial charge on any atom is -0.489 e. The van der Waals surface area contributed by atoms with Gasteiger partial charge in [-0.15, -0.1) is 13.2 Å². The first-order chi connectivity index (χ1) is 30.8. The predicted molar refractivity (Wildman–Crippen MR) is 243 cm³/mol. The minimum atomic E-state index is -1.05. The molecule has 326 valence electrons. The van der Waals surface area contributed by atoms with Crippen molar-refractivity contribution < 1.29 is 38.5 Å². The Hall–Kier alpha value is -6.98. The van der Waals surface area contributed by atoms with Crippen molar-refractivity contribution >= 4 is 23.9 Å². The Bertz CT molecular complexity index is 2250. The van der Waals surface area contributed by atoms with Crippen LogP contribution >= 0.6 is 0 Å². The van der Waals surface area contributed by atoms with Gasteiger partial charge in [0.1, 0.15) is 31.6 Å². The molecule has 0 heterocycles. The summed E-state index contributed by atoms with van der Waals surface area (Å²) in [5.74, 6) is -1.81. The van der Waals surface area contributed by atoms with E-state index in [0.717, 1.165) is 33.4 Å². The van der Waals surface area contributed by atoms with Gasteiger partial charge in [-0.3, -0.25) is 9.59 Å². The summed E-state index contributed by atoms with van der Waals surface area (Å²) in [6.45, 7) is 7.52. The molecule has 6 rings (SSSR count). The van der Waals surface area contributed by atoms with Gasteiger partial charge in [0.25, 0.3) is 0 Å². The molecule has 1 aliphatic rings. The molecule has 0 bridgehead atoms. The van der Waals surface area contributed by atoms with Gasteiger partial charge in [-0.2, -0.15) is 0 Å². The molecule has 0 saturated heterocycles. The molecule has 0 saturated carbocycles. The predicted octanol–water partition coefficient (Wildman–Crippen LogP) is 8.14. The zero-order valence-corrected chi connectivity index (χ0v) is 35.3. The second kappa shape index (κ2) is 23.3. The monoisotopic (exact) mass is 849 g/mol. The molecule has 4 unspecified atom stereocenters. The van der Waals surface area contributed by atoms with Crippen LogP contribution in [-0.2, 0) is 36.9 Å². The van der Waals surface area contributed by atoms with E-state index in [4.69, 9.17) is 14.2 Å². The number of nitrogens with one attached hydrogen (secondary N) is 3. The van der Waals surface area contributed by atoms with Gasteiger partial charge in [0, 0.05) is 12.3 Å². The molecule has 0 aromatic heterocycles. The molecule has 4 N–H and O–H groups in total. The fourth-order valence-electron chi connectivity index (χ4n) is 7.68. The molecule has 11 nitrogen and oxygen atoms in total. The van der Waals surface area contributed by atoms with Gasteiger partial charge >= 0.3 is 12.1 Å². The molecular weight excluding hydrogens is 795 g/mol. The van der Waals surface area contributed by atoms with E-state index < -0.39 is 47.9 Å². The lowest BCUT2D eigenvalue weighted by Gasteiger charge is -2.24. The maximum atomic E-state index is 13.8. The highest BCUT2D eigenvalue weighted by molar-refractivity contribution is 5.86. The number of hydrogen-bond acceptors (Lipinski definition) is 8. The molecule has 0 fully saturated rings. The van der Waals surface area contributed by atoms with Crippen molar-refractivity contribution in [3.63, 3.8) is 0 Å². The molecule has 5 aromatic rings.